The van der Waals surface area contributed by atoms with E-state index < -0.39 is 5.60 Å². The van der Waals surface area contributed by atoms with E-state index in [0.717, 1.165) is 22.1 Å². The Morgan fingerprint density at radius 1 is 1.22 bits per heavy atom. The molecule has 0 atom stereocenters. The number of methoxy groups -OCH3 is 1. The molecule has 0 unspecified atom stereocenters. The number of nitrogens with zero attached hydrogens (tertiary/aromatic N) is 4. The monoisotopic (exact) mass is 434 g/mol. The number of hydrogen-bond acceptors (Lipinski definition) is 7. The van der Waals surface area contributed by atoms with Crippen molar-refractivity contribution < 1.29 is 14.6 Å². The third-order valence-electron chi connectivity index (χ3n) is 5.43. The average Bonchev–Trinajstić information content (AvgIpc) is 3.16. The molecule has 32 heavy (non-hydrogen) atoms. The minimum absolute atomic E-state index is 0.123. The number of nitrogens with two attached hydrogens (primary N) is 1. The molecule has 0 saturated carbocycles. The van der Waals surface area contributed by atoms with Crippen molar-refractivity contribution in [1.29, 1.82) is 0 Å². The molecule has 9 nitrogen and oxygen atoms in total. The molecule has 0 saturated heterocycles. The number of hydrogen-bond donors (Lipinski definition) is 3. The van der Waals surface area contributed by atoms with E-state index in [9.17, 15) is 9.90 Å². The highest BCUT2D eigenvalue weighted by molar-refractivity contribution is 5.97. The minimum atomic E-state index is -0.982. The lowest BCUT2D eigenvalue weighted by Crippen LogP contribution is -2.26. The van der Waals surface area contributed by atoms with Gasteiger partial charge in [-0.05, 0) is 56.5 Å². The van der Waals surface area contributed by atoms with Gasteiger partial charge < -0.3 is 20.9 Å². The van der Waals surface area contributed by atoms with Gasteiger partial charge in [0, 0.05) is 10.9 Å². The first-order valence-electron chi connectivity index (χ1n) is 10.2. The van der Waals surface area contributed by atoms with E-state index >= 15 is 0 Å². The molecule has 0 radical (unpaired) electrons. The van der Waals surface area contributed by atoms with Crippen molar-refractivity contribution in [3.8, 4) is 5.75 Å². The molecule has 2 heterocycles. The Morgan fingerprint density at radius 2 is 1.91 bits per heavy atom. The number of fused-ring (bicyclic) bond motifs is 3. The number of ether oxygens (including phenoxy) is 1. The van der Waals surface area contributed by atoms with Gasteiger partial charge in [0.2, 0.25) is 5.95 Å². The number of carbonyl (C=O) groups is 1. The summed E-state index contributed by atoms with van der Waals surface area (Å²) in [7, 11) is 1.57. The van der Waals surface area contributed by atoms with Crippen molar-refractivity contribution in [1.82, 2.24) is 24.9 Å². The lowest BCUT2D eigenvalue weighted by Gasteiger charge is -2.21. The van der Waals surface area contributed by atoms with Gasteiger partial charge in [-0.3, -0.25) is 4.79 Å². The van der Waals surface area contributed by atoms with Crippen LogP contribution in [-0.2, 0) is 12.1 Å². The topological polar surface area (TPSA) is 128 Å². The molecule has 4 N–H and O–H groups in total. The van der Waals surface area contributed by atoms with Crippen LogP contribution in [0.1, 0.15) is 46.7 Å². The zero-order valence-electron chi connectivity index (χ0n) is 18.7. The highest BCUT2D eigenvalue weighted by Crippen LogP contribution is 2.28. The number of rotatable bonds is 5. The van der Waals surface area contributed by atoms with Gasteiger partial charge in [0.05, 0.1) is 19.3 Å². The van der Waals surface area contributed by atoms with Crippen molar-refractivity contribution in [2.45, 2.75) is 39.8 Å². The van der Waals surface area contributed by atoms with Crippen LogP contribution in [0.25, 0.3) is 16.6 Å². The van der Waals surface area contributed by atoms with Crippen molar-refractivity contribution in [2.24, 2.45) is 0 Å². The lowest BCUT2D eigenvalue weighted by molar-refractivity contribution is 0.0782. The Bertz CT molecular complexity index is 1330. The van der Waals surface area contributed by atoms with Gasteiger partial charge in [-0.25, -0.2) is 9.97 Å². The lowest BCUT2D eigenvalue weighted by atomic mass is 9.91. The Hall–Kier alpha value is -3.72. The first kappa shape index (κ1) is 21.5. The Kier molecular flexibility index (Phi) is 5.21. The highest BCUT2D eigenvalue weighted by Gasteiger charge is 2.21. The third-order valence-corrected chi connectivity index (χ3v) is 5.43. The maximum atomic E-state index is 12.9. The van der Waals surface area contributed by atoms with Crippen LogP contribution < -0.4 is 15.8 Å². The molecule has 0 spiro atoms. The van der Waals surface area contributed by atoms with Crippen molar-refractivity contribution in [3.63, 3.8) is 0 Å². The molecular formula is C23H26N6O3. The normalized spacial score (nSPS) is 11.8. The van der Waals surface area contributed by atoms with Crippen molar-refractivity contribution in [3.05, 3.63) is 58.4 Å². The quantitative estimate of drug-likeness (QED) is 0.440. The number of amides is 1. The van der Waals surface area contributed by atoms with Gasteiger partial charge in [0.15, 0.2) is 11.5 Å². The molecule has 4 rings (SSSR count). The minimum Gasteiger partial charge on any atom is -0.494 e. The zero-order chi connectivity index (χ0) is 23.2. The second-order valence-electron chi connectivity index (χ2n) is 8.32. The number of benzene rings is 2. The Labute approximate surface area is 185 Å². The van der Waals surface area contributed by atoms with Crippen LogP contribution in [0, 0.1) is 13.8 Å². The molecule has 0 bridgehead atoms. The van der Waals surface area contributed by atoms with Crippen LogP contribution in [0.5, 0.6) is 5.75 Å². The fourth-order valence-electron chi connectivity index (χ4n) is 3.83. The third kappa shape index (κ3) is 3.71. The predicted octanol–water partition coefficient (Wildman–Crippen LogP) is 2.64. The smallest absolute Gasteiger partial charge is 0.252 e. The number of aryl methyl sites for hydroxylation is 2. The second kappa shape index (κ2) is 7.76. The van der Waals surface area contributed by atoms with E-state index in [1.807, 2.05) is 38.1 Å². The number of anilines is 1. The van der Waals surface area contributed by atoms with E-state index in [4.69, 9.17) is 10.5 Å². The molecule has 166 valence electrons. The van der Waals surface area contributed by atoms with Crippen molar-refractivity contribution >= 4 is 28.4 Å². The van der Waals surface area contributed by atoms with Crippen LogP contribution >= 0.6 is 0 Å². The summed E-state index contributed by atoms with van der Waals surface area (Å²) in [4.78, 5) is 21.9. The van der Waals surface area contributed by atoms with Crippen LogP contribution in [0.4, 0.5) is 5.95 Å². The summed E-state index contributed by atoms with van der Waals surface area (Å²) in [5.41, 5.74) is 9.14. The second-order valence-corrected chi connectivity index (χ2v) is 8.32. The van der Waals surface area contributed by atoms with Gasteiger partial charge in [-0.15, -0.1) is 5.10 Å². The molecule has 0 aliphatic rings. The van der Waals surface area contributed by atoms with Gasteiger partial charge >= 0.3 is 0 Å². The van der Waals surface area contributed by atoms with Gasteiger partial charge in [-0.2, -0.15) is 4.52 Å². The van der Waals surface area contributed by atoms with E-state index in [-0.39, 0.29) is 18.4 Å². The number of carbonyl (C=O) groups excluding carboxylic acids is 1. The van der Waals surface area contributed by atoms with Crippen molar-refractivity contribution in [2.75, 3.05) is 12.8 Å². The standard InChI is InChI=1S/C23H26N6O3/c1-12-9-14(23(3,4)31)10-13(2)18(12)21(30)25-11-17-26-20-15-7-6-8-16(32-5)19(15)27-22(24)29(20)28-17/h6-10,31H,11H2,1-5H3,(H2,24,27)(H,25,30). The highest BCUT2D eigenvalue weighted by atomic mass is 16.5. The molecule has 1 amide bonds. The largest absolute Gasteiger partial charge is 0.494 e. The Balaban J connectivity index is 1.63. The van der Waals surface area contributed by atoms with Gasteiger partial charge in [0.1, 0.15) is 11.3 Å². The zero-order valence-corrected chi connectivity index (χ0v) is 18.7. The first-order chi connectivity index (χ1) is 15.1. The number of aliphatic hydroxyl groups is 1. The molecule has 2 aromatic carbocycles. The summed E-state index contributed by atoms with van der Waals surface area (Å²) < 4.78 is 6.83. The maximum absolute atomic E-state index is 12.9. The van der Waals surface area contributed by atoms with Crippen LogP contribution in [0.15, 0.2) is 30.3 Å². The SMILES string of the molecule is COc1cccc2c1nc(N)n1nc(CNC(=O)c3c(C)cc(C(C)(C)O)cc3C)nc21. The summed E-state index contributed by atoms with van der Waals surface area (Å²) >= 11 is 0. The number of nitrogen functional groups attached to an aromatic ring is 1. The van der Waals surface area contributed by atoms with Crippen LogP contribution in [0.3, 0.4) is 0 Å². The van der Waals surface area contributed by atoms with Crippen LogP contribution in [0.2, 0.25) is 0 Å². The van der Waals surface area contributed by atoms with Gasteiger partial charge in [-0.1, -0.05) is 18.2 Å². The van der Waals surface area contributed by atoms with E-state index in [0.29, 0.717) is 28.3 Å². The predicted molar refractivity (Wildman–Crippen MR) is 122 cm³/mol. The molecule has 0 aliphatic heterocycles. The molecule has 4 aromatic rings. The summed E-state index contributed by atoms with van der Waals surface area (Å²) in [6.07, 6.45) is 0. The number of para-hydroxylation sites is 1. The van der Waals surface area contributed by atoms with E-state index in [2.05, 4.69) is 20.4 Å². The average molecular weight is 435 g/mol. The van der Waals surface area contributed by atoms with E-state index in [1.54, 1.807) is 27.0 Å². The van der Waals surface area contributed by atoms with E-state index in [1.165, 1.54) is 4.52 Å². The fraction of sp³-hybridized carbons (Fsp3) is 0.304. The summed E-state index contributed by atoms with van der Waals surface area (Å²) in [5.74, 6) is 0.940. The summed E-state index contributed by atoms with van der Waals surface area (Å²) in [6.45, 7) is 7.27. The summed E-state index contributed by atoms with van der Waals surface area (Å²) in [5, 5.41) is 18.3. The number of nitrogens with one attached hydrogen (secondary N) is 1. The molecule has 9 heteroatoms. The summed E-state index contributed by atoms with van der Waals surface area (Å²) in [6, 6.07) is 9.18. The van der Waals surface area contributed by atoms with Gasteiger partial charge in [0.25, 0.3) is 5.91 Å². The fourth-order valence-corrected chi connectivity index (χ4v) is 3.83. The number of aromatic nitrogens is 4. The molecule has 2 aromatic heterocycles. The Morgan fingerprint density at radius 3 is 2.53 bits per heavy atom. The maximum Gasteiger partial charge on any atom is 0.252 e. The molecule has 0 fully saturated rings. The molecule has 0 aliphatic carbocycles. The van der Waals surface area contributed by atoms with Crippen LogP contribution in [-0.4, -0.2) is 37.7 Å². The first-order valence-corrected chi connectivity index (χ1v) is 10.2. The molecular weight excluding hydrogens is 408 g/mol.